The van der Waals surface area contributed by atoms with Crippen LogP contribution in [0.5, 0.6) is 0 Å². The fourth-order valence-electron chi connectivity index (χ4n) is 4.64. The lowest BCUT2D eigenvalue weighted by molar-refractivity contribution is 0.708. The van der Waals surface area contributed by atoms with Crippen molar-refractivity contribution in [1.82, 2.24) is 9.97 Å². The number of hydrogen-bond donors (Lipinski definition) is 1. The van der Waals surface area contributed by atoms with E-state index in [1.54, 1.807) is 0 Å². The number of pyridine rings is 2. The fraction of sp³-hybridized carbons (Fsp3) is 0.391. The summed E-state index contributed by atoms with van der Waals surface area (Å²) in [4.78, 5) is 11.9. The Balaban J connectivity index is 0.00000192. The van der Waals surface area contributed by atoms with Crippen LogP contribution in [0.4, 0.5) is 5.69 Å². The molecule has 28 heavy (non-hydrogen) atoms. The number of fused-ring (bicyclic) bond motifs is 2. The topological polar surface area (TPSA) is 55.0 Å². The van der Waals surface area contributed by atoms with Gasteiger partial charge < -0.3 is 10.6 Å². The second-order valence-electron chi connectivity index (χ2n) is 7.91. The Morgan fingerprint density at radius 2 is 1.93 bits per heavy atom. The van der Waals surface area contributed by atoms with Gasteiger partial charge in [0, 0.05) is 48.2 Å². The molecule has 1 aliphatic heterocycles. The first kappa shape index (κ1) is 19.2. The molecule has 2 aromatic heterocycles. The van der Waals surface area contributed by atoms with E-state index in [0.29, 0.717) is 0 Å². The van der Waals surface area contributed by atoms with E-state index in [9.17, 15) is 0 Å². The highest BCUT2D eigenvalue weighted by molar-refractivity contribution is 5.97. The molecule has 0 radical (unpaired) electrons. The number of aromatic nitrogens is 2. The lowest BCUT2D eigenvalue weighted by Gasteiger charge is -2.25. The van der Waals surface area contributed by atoms with Crippen molar-refractivity contribution in [3.05, 3.63) is 54.0 Å². The highest BCUT2D eigenvalue weighted by Gasteiger charge is 2.26. The first-order valence-corrected chi connectivity index (χ1v) is 10.2. The van der Waals surface area contributed by atoms with Crippen LogP contribution in [0.1, 0.15) is 36.9 Å². The maximum atomic E-state index is 6.27. The summed E-state index contributed by atoms with van der Waals surface area (Å²) >= 11 is 0. The summed E-state index contributed by atoms with van der Waals surface area (Å²) in [5.41, 5.74) is 13.9. The number of nitrogens with zero attached hydrogens (tertiary/aromatic N) is 3. The minimum absolute atomic E-state index is 0. The van der Waals surface area contributed by atoms with Crippen molar-refractivity contribution >= 4 is 29.0 Å². The van der Waals surface area contributed by atoms with E-state index in [-0.39, 0.29) is 18.4 Å². The van der Waals surface area contributed by atoms with Gasteiger partial charge in [0.1, 0.15) is 0 Å². The number of nitrogens with two attached hydrogens (primary N) is 1. The molecule has 3 aromatic rings. The standard InChI is InChI=1S/C23H26N4.ClH/c24-18-10-12-27(15-18)23-19-6-2-1-3-7-21(19)26-22-9-8-16(13-20(22)23)17-5-4-11-25-14-17;/h4-5,8-9,11,13-14,18H,1-3,6-7,10,12,15,24H2;1H/t18-;/m0./s1. The van der Waals surface area contributed by atoms with Gasteiger partial charge in [-0.05, 0) is 61.4 Å². The Bertz CT molecular complexity index is 973. The van der Waals surface area contributed by atoms with E-state index in [0.717, 1.165) is 43.4 Å². The van der Waals surface area contributed by atoms with Crippen LogP contribution in [0.15, 0.2) is 42.7 Å². The summed E-state index contributed by atoms with van der Waals surface area (Å²) in [6.07, 6.45) is 10.9. The molecule has 1 atom stereocenters. The van der Waals surface area contributed by atoms with Gasteiger partial charge in [-0.1, -0.05) is 18.6 Å². The van der Waals surface area contributed by atoms with E-state index in [2.05, 4.69) is 34.1 Å². The summed E-state index contributed by atoms with van der Waals surface area (Å²) in [6, 6.07) is 11.1. The molecule has 146 valence electrons. The lowest BCUT2D eigenvalue weighted by atomic mass is 9.98. The van der Waals surface area contributed by atoms with Crippen LogP contribution < -0.4 is 10.6 Å². The Hall–Kier alpha value is -2.17. The van der Waals surface area contributed by atoms with Gasteiger partial charge in [0.25, 0.3) is 0 Å². The van der Waals surface area contributed by atoms with E-state index in [1.807, 2.05) is 18.5 Å². The van der Waals surface area contributed by atoms with Crippen molar-refractivity contribution in [1.29, 1.82) is 0 Å². The van der Waals surface area contributed by atoms with Gasteiger partial charge in [-0.2, -0.15) is 0 Å². The van der Waals surface area contributed by atoms with Crippen LogP contribution in [0.3, 0.4) is 0 Å². The molecule has 0 unspecified atom stereocenters. The summed E-state index contributed by atoms with van der Waals surface area (Å²) in [5.74, 6) is 0. The zero-order valence-corrected chi connectivity index (χ0v) is 16.9. The van der Waals surface area contributed by atoms with Crippen molar-refractivity contribution in [2.24, 2.45) is 5.73 Å². The van der Waals surface area contributed by atoms with E-state index >= 15 is 0 Å². The van der Waals surface area contributed by atoms with Gasteiger partial charge in [0.05, 0.1) is 11.2 Å². The summed E-state index contributed by atoms with van der Waals surface area (Å²) in [6.45, 7) is 1.99. The molecular formula is C23H27ClN4. The average molecular weight is 395 g/mol. The van der Waals surface area contributed by atoms with Crippen molar-refractivity contribution in [3.8, 4) is 11.1 Å². The SMILES string of the molecule is Cl.N[C@H]1CCN(c2c3c(nc4ccc(-c5cccnc5)cc24)CCCCC3)C1. The zero-order valence-electron chi connectivity index (χ0n) is 16.1. The molecule has 1 saturated heterocycles. The highest BCUT2D eigenvalue weighted by Crippen LogP contribution is 2.38. The van der Waals surface area contributed by atoms with Crippen LogP contribution >= 0.6 is 12.4 Å². The monoisotopic (exact) mass is 394 g/mol. The summed E-state index contributed by atoms with van der Waals surface area (Å²) < 4.78 is 0. The van der Waals surface area contributed by atoms with Gasteiger partial charge in [-0.3, -0.25) is 9.97 Å². The molecule has 4 nitrogen and oxygen atoms in total. The number of rotatable bonds is 2. The second-order valence-corrected chi connectivity index (χ2v) is 7.91. The Kier molecular flexibility index (Phi) is 5.51. The Morgan fingerprint density at radius 1 is 1.04 bits per heavy atom. The molecule has 0 amide bonds. The maximum Gasteiger partial charge on any atom is 0.0726 e. The smallest absolute Gasteiger partial charge is 0.0726 e. The summed E-state index contributed by atoms with van der Waals surface area (Å²) in [7, 11) is 0. The quantitative estimate of drug-likeness (QED) is 0.649. The third kappa shape index (κ3) is 3.47. The molecule has 2 N–H and O–H groups in total. The van der Waals surface area contributed by atoms with Gasteiger partial charge >= 0.3 is 0 Å². The average Bonchev–Trinajstić information content (AvgIpc) is 2.99. The highest BCUT2D eigenvalue weighted by atomic mass is 35.5. The van der Waals surface area contributed by atoms with Crippen molar-refractivity contribution in [2.45, 2.75) is 44.6 Å². The number of benzene rings is 1. The molecule has 5 heteroatoms. The minimum atomic E-state index is 0. The maximum absolute atomic E-state index is 6.27. The lowest BCUT2D eigenvalue weighted by Crippen LogP contribution is -2.27. The molecule has 0 saturated carbocycles. The predicted molar refractivity (Wildman–Crippen MR) is 118 cm³/mol. The molecular weight excluding hydrogens is 368 g/mol. The molecule has 0 spiro atoms. The predicted octanol–water partition coefficient (Wildman–Crippen LogP) is 4.52. The normalized spacial score (nSPS) is 19.2. The summed E-state index contributed by atoms with van der Waals surface area (Å²) in [5, 5.41) is 1.27. The third-order valence-electron chi connectivity index (χ3n) is 6.02. The van der Waals surface area contributed by atoms with E-state index in [4.69, 9.17) is 10.7 Å². The number of aryl methyl sites for hydroxylation is 1. The minimum Gasteiger partial charge on any atom is -0.369 e. The van der Waals surface area contributed by atoms with Crippen molar-refractivity contribution in [3.63, 3.8) is 0 Å². The van der Waals surface area contributed by atoms with E-state index in [1.165, 1.54) is 47.2 Å². The fourth-order valence-corrected chi connectivity index (χ4v) is 4.64. The molecule has 2 aliphatic rings. The van der Waals surface area contributed by atoms with Crippen LogP contribution in [0.2, 0.25) is 0 Å². The number of halogens is 1. The van der Waals surface area contributed by atoms with Gasteiger partial charge in [-0.15, -0.1) is 12.4 Å². The Labute approximate surface area is 172 Å². The number of hydrogen-bond acceptors (Lipinski definition) is 4. The molecule has 0 bridgehead atoms. The van der Waals surface area contributed by atoms with Crippen LogP contribution in [0.25, 0.3) is 22.0 Å². The van der Waals surface area contributed by atoms with E-state index < -0.39 is 0 Å². The largest absolute Gasteiger partial charge is 0.369 e. The van der Waals surface area contributed by atoms with Crippen LogP contribution in [-0.4, -0.2) is 29.1 Å². The molecule has 3 heterocycles. The van der Waals surface area contributed by atoms with Gasteiger partial charge in [0.15, 0.2) is 0 Å². The molecule has 1 aromatic carbocycles. The van der Waals surface area contributed by atoms with Crippen molar-refractivity contribution < 1.29 is 0 Å². The molecule has 5 rings (SSSR count). The van der Waals surface area contributed by atoms with Crippen molar-refractivity contribution in [2.75, 3.05) is 18.0 Å². The number of anilines is 1. The van der Waals surface area contributed by atoms with Gasteiger partial charge in [-0.25, -0.2) is 0 Å². The third-order valence-corrected chi connectivity index (χ3v) is 6.02. The Morgan fingerprint density at radius 3 is 2.71 bits per heavy atom. The molecule has 1 fully saturated rings. The first-order valence-electron chi connectivity index (χ1n) is 10.2. The van der Waals surface area contributed by atoms with Crippen LogP contribution in [-0.2, 0) is 12.8 Å². The van der Waals surface area contributed by atoms with Gasteiger partial charge in [0.2, 0.25) is 0 Å². The first-order chi connectivity index (χ1) is 13.3. The van der Waals surface area contributed by atoms with Crippen LogP contribution in [0, 0.1) is 0 Å². The molecule has 1 aliphatic carbocycles. The second kappa shape index (κ2) is 8.06. The zero-order chi connectivity index (χ0) is 18.2.